The number of rotatable bonds is 5. The minimum Gasteiger partial charge on any atom is -0.345 e. The molecule has 0 aliphatic heterocycles. The van der Waals surface area contributed by atoms with Crippen LogP contribution in [0.15, 0.2) is 54.6 Å². The van der Waals surface area contributed by atoms with E-state index in [2.05, 4.69) is 62.5 Å². The quantitative estimate of drug-likeness (QED) is 0.872. The summed E-state index contributed by atoms with van der Waals surface area (Å²) in [6.07, 6.45) is 0.551. The van der Waals surface area contributed by atoms with Crippen LogP contribution < -0.4 is 5.32 Å². The first-order valence-electron chi connectivity index (χ1n) is 7.47. The number of nitrogens with one attached hydrogen (secondary N) is 1. The van der Waals surface area contributed by atoms with E-state index in [1.54, 1.807) is 0 Å². The largest absolute Gasteiger partial charge is 0.345 e. The van der Waals surface area contributed by atoms with Crippen LogP contribution in [-0.2, 0) is 4.79 Å². The molecule has 110 valence electrons. The zero-order valence-electron chi connectivity index (χ0n) is 13.0. The van der Waals surface area contributed by atoms with Gasteiger partial charge in [0.1, 0.15) is 0 Å². The van der Waals surface area contributed by atoms with Crippen molar-refractivity contribution in [3.05, 3.63) is 71.3 Å². The Morgan fingerprint density at radius 3 is 2.10 bits per heavy atom. The molecule has 1 unspecified atom stereocenters. The Hall–Kier alpha value is -2.09. The van der Waals surface area contributed by atoms with Crippen molar-refractivity contribution in [3.63, 3.8) is 0 Å². The van der Waals surface area contributed by atoms with E-state index in [-0.39, 0.29) is 11.9 Å². The molecule has 2 aromatic carbocycles. The van der Waals surface area contributed by atoms with Gasteiger partial charge in [-0.25, -0.2) is 0 Å². The molecule has 2 rings (SSSR count). The van der Waals surface area contributed by atoms with Crippen LogP contribution >= 0.6 is 0 Å². The third-order valence-electron chi connectivity index (χ3n) is 3.44. The fourth-order valence-electron chi connectivity index (χ4n) is 2.35. The van der Waals surface area contributed by atoms with Crippen LogP contribution in [-0.4, -0.2) is 5.91 Å². The van der Waals surface area contributed by atoms with E-state index in [1.165, 1.54) is 5.56 Å². The van der Waals surface area contributed by atoms with E-state index in [0.717, 1.165) is 11.1 Å². The lowest BCUT2D eigenvalue weighted by Gasteiger charge is -2.20. The predicted molar refractivity (Wildman–Crippen MR) is 87.1 cm³/mol. The highest BCUT2D eigenvalue weighted by Gasteiger charge is 2.17. The van der Waals surface area contributed by atoms with Crippen molar-refractivity contribution in [3.8, 4) is 0 Å². The van der Waals surface area contributed by atoms with Crippen molar-refractivity contribution in [1.29, 1.82) is 0 Å². The van der Waals surface area contributed by atoms with E-state index in [1.807, 2.05) is 18.2 Å². The molecule has 0 bridgehead atoms. The number of hydrogen-bond acceptors (Lipinski definition) is 1. The number of hydrogen-bond donors (Lipinski definition) is 1. The molecule has 2 heteroatoms. The van der Waals surface area contributed by atoms with Gasteiger partial charge in [0.25, 0.3) is 0 Å². The average Bonchev–Trinajstić information content (AvgIpc) is 2.46. The number of carbonyl (C=O) groups is 1. The molecule has 0 saturated heterocycles. The average molecular weight is 281 g/mol. The second-order valence-electron chi connectivity index (χ2n) is 5.92. The second-order valence-corrected chi connectivity index (χ2v) is 5.92. The Bertz CT molecular complexity index is 572. The highest BCUT2D eigenvalue weighted by atomic mass is 16.1. The Balaban J connectivity index is 2.27. The van der Waals surface area contributed by atoms with Crippen LogP contribution in [0, 0.1) is 12.8 Å². The molecule has 0 aromatic heterocycles. The molecule has 2 aromatic rings. The number of amides is 1. The van der Waals surface area contributed by atoms with Crippen molar-refractivity contribution in [2.24, 2.45) is 5.92 Å². The van der Waals surface area contributed by atoms with Crippen molar-refractivity contribution < 1.29 is 4.79 Å². The minimum atomic E-state index is -0.0851. The summed E-state index contributed by atoms with van der Waals surface area (Å²) >= 11 is 0. The minimum absolute atomic E-state index is 0.0851. The van der Waals surface area contributed by atoms with Gasteiger partial charge in [0, 0.05) is 6.42 Å². The number of aryl methyl sites for hydroxylation is 1. The van der Waals surface area contributed by atoms with Crippen molar-refractivity contribution in [2.75, 3.05) is 0 Å². The molecule has 0 aliphatic rings. The van der Waals surface area contributed by atoms with Gasteiger partial charge < -0.3 is 5.32 Å². The highest BCUT2D eigenvalue weighted by Crippen LogP contribution is 2.22. The molecule has 0 fully saturated rings. The van der Waals surface area contributed by atoms with Crippen molar-refractivity contribution >= 4 is 5.91 Å². The van der Waals surface area contributed by atoms with E-state index < -0.39 is 0 Å². The van der Waals surface area contributed by atoms with Crippen LogP contribution in [0.25, 0.3) is 0 Å². The first-order chi connectivity index (χ1) is 10.1. The van der Waals surface area contributed by atoms with Gasteiger partial charge in [0.2, 0.25) is 5.91 Å². The Labute approximate surface area is 127 Å². The second kappa shape index (κ2) is 7.07. The normalized spacial score (nSPS) is 12.2. The molecule has 1 N–H and O–H groups in total. The lowest BCUT2D eigenvalue weighted by molar-refractivity contribution is -0.122. The topological polar surface area (TPSA) is 29.1 Å². The molecule has 2 nitrogen and oxygen atoms in total. The third-order valence-corrected chi connectivity index (χ3v) is 3.44. The smallest absolute Gasteiger partial charge is 0.221 e. The number of carbonyl (C=O) groups excluding carboxylic acids is 1. The van der Waals surface area contributed by atoms with Crippen molar-refractivity contribution in [1.82, 2.24) is 5.32 Å². The van der Waals surface area contributed by atoms with Gasteiger partial charge in [-0.2, -0.15) is 0 Å². The van der Waals surface area contributed by atoms with Gasteiger partial charge in [0.15, 0.2) is 0 Å². The van der Waals surface area contributed by atoms with Crippen LogP contribution in [0.2, 0.25) is 0 Å². The Morgan fingerprint density at radius 1 is 0.952 bits per heavy atom. The molecule has 1 atom stereocenters. The fourth-order valence-corrected chi connectivity index (χ4v) is 2.35. The summed E-state index contributed by atoms with van der Waals surface area (Å²) in [5, 5.41) is 3.16. The van der Waals surface area contributed by atoms with E-state index in [9.17, 15) is 4.79 Å². The van der Waals surface area contributed by atoms with Crippen LogP contribution in [0.5, 0.6) is 0 Å². The monoisotopic (exact) mass is 281 g/mol. The van der Waals surface area contributed by atoms with Gasteiger partial charge in [-0.05, 0) is 24.0 Å². The first kappa shape index (κ1) is 15.3. The standard InChI is InChI=1S/C19H23NO/c1-14(2)13-18(21)20-19(16-7-5-4-6-8-16)17-11-9-15(3)10-12-17/h4-12,14,19H,13H2,1-3H3,(H,20,21). The maximum absolute atomic E-state index is 12.2. The predicted octanol–water partition coefficient (Wildman–Crippen LogP) is 4.25. The van der Waals surface area contributed by atoms with Gasteiger partial charge in [-0.1, -0.05) is 74.0 Å². The molecule has 1 amide bonds. The van der Waals surface area contributed by atoms with Crippen LogP contribution in [0.1, 0.15) is 43.0 Å². The van der Waals surface area contributed by atoms with E-state index >= 15 is 0 Å². The van der Waals surface area contributed by atoms with Crippen LogP contribution in [0.3, 0.4) is 0 Å². The summed E-state index contributed by atoms with van der Waals surface area (Å²) < 4.78 is 0. The molecule has 0 radical (unpaired) electrons. The summed E-state index contributed by atoms with van der Waals surface area (Å²) in [7, 11) is 0. The summed E-state index contributed by atoms with van der Waals surface area (Å²) in [5.74, 6) is 0.457. The molecule has 0 heterocycles. The summed E-state index contributed by atoms with van der Waals surface area (Å²) in [6.45, 7) is 6.19. The molecule has 0 spiro atoms. The van der Waals surface area contributed by atoms with Gasteiger partial charge in [-0.15, -0.1) is 0 Å². The van der Waals surface area contributed by atoms with Crippen molar-refractivity contribution in [2.45, 2.75) is 33.2 Å². The summed E-state index contributed by atoms with van der Waals surface area (Å²) in [5.41, 5.74) is 3.45. The first-order valence-corrected chi connectivity index (χ1v) is 7.47. The molecular weight excluding hydrogens is 258 g/mol. The van der Waals surface area contributed by atoms with Gasteiger partial charge in [-0.3, -0.25) is 4.79 Å². The maximum atomic E-state index is 12.2. The molecule has 21 heavy (non-hydrogen) atoms. The van der Waals surface area contributed by atoms with E-state index in [4.69, 9.17) is 0 Å². The summed E-state index contributed by atoms with van der Waals surface area (Å²) in [6, 6.07) is 18.4. The molecular formula is C19H23NO. The third kappa shape index (κ3) is 4.45. The Kier molecular flexibility index (Phi) is 5.15. The fraction of sp³-hybridized carbons (Fsp3) is 0.316. The molecule has 0 aliphatic carbocycles. The van der Waals surface area contributed by atoms with Gasteiger partial charge >= 0.3 is 0 Å². The highest BCUT2D eigenvalue weighted by molar-refractivity contribution is 5.77. The lowest BCUT2D eigenvalue weighted by atomic mass is 9.97. The van der Waals surface area contributed by atoms with Gasteiger partial charge in [0.05, 0.1) is 6.04 Å². The Morgan fingerprint density at radius 2 is 1.52 bits per heavy atom. The van der Waals surface area contributed by atoms with Crippen LogP contribution in [0.4, 0.5) is 0 Å². The zero-order chi connectivity index (χ0) is 15.2. The SMILES string of the molecule is Cc1ccc(C(NC(=O)CC(C)C)c2ccccc2)cc1. The summed E-state index contributed by atoms with van der Waals surface area (Å²) in [4.78, 5) is 12.2. The molecule has 0 saturated carbocycles. The number of benzene rings is 2. The van der Waals surface area contributed by atoms with E-state index in [0.29, 0.717) is 12.3 Å². The zero-order valence-corrected chi connectivity index (χ0v) is 13.0. The lowest BCUT2D eigenvalue weighted by Crippen LogP contribution is -2.30. The maximum Gasteiger partial charge on any atom is 0.221 e.